The number of nitrogens with two attached hydrogens (primary N) is 1. The first-order valence-corrected chi connectivity index (χ1v) is 9.48. The van der Waals surface area contributed by atoms with Crippen molar-refractivity contribution in [1.82, 2.24) is 4.72 Å². The molecular weight excluding hydrogens is 316 g/mol. The third-order valence-electron chi connectivity index (χ3n) is 2.61. The van der Waals surface area contributed by atoms with Gasteiger partial charge in [0.25, 0.3) is 0 Å². The van der Waals surface area contributed by atoms with Crippen molar-refractivity contribution < 1.29 is 12.6 Å². The van der Waals surface area contributed by atoms with Crippen molar-refractivity contribution in [2.75, 3.05) is 12.0 Å². The van der Waals surface area contributed by atoms with Crippen LogP contribution >= 0.6 is 12.2 Å². The zero-order chi connectivity index (χ0) is 15.5. The molecule has 2 atom stereocenters. The van der Waals surface area contributed by atoms with Gasteiger partial charge in [-0.15, -0.1) is 0 Å². The van der Waals surface area contributed by atoms with Gasteiger partial charge in [0.05, 0.1) is 4.90 Å². The van der Waals surface area contributed by atoms with Crippen molar-refractivity contribution in [3.8, 4) is 0 Å². The average molecular weight is 334 g/mol. The molecule has 1 aromatic rings. The van der Waals surface area contributed by atoms with Gasteiger partial charge in [0.15, 0.2) is 0 Å². The zero-order valence-electron chi connectivity index (χ0n) is 11.5. The number of sulfonamides is 1. The van der Waals surface area contributed by atoms with Gasteiger partial charge in [0, 0.05) is 34.4 Å². The molecule has 0 aliphatic carbocycles. The summed E-state index contributed by atoms with van der Waals surface area (Å²) in [7, 11) is -4.70. The van der Waals surface area contributed by atoms with E-state index >= 15 is 0 Å². The summed E-state index contributed by atoms with van der Waals surface area (Å²) in [5.74, 6) is 0.267. The van der Waals surface area contributed by atoms with Gasteiger partial charge in [-0.3, -0.25) is 4.21 Å². The Bertz CT molecular complexity index is 641. The van der Waals surface area contributed by atoms with Crippen molar-refractivity contribution in [1.29, 1.82) is 0 Å². The molecule has 0 aromatic heterocycles. The van der Waals surface area contributed by atoms with Gasteiger partial charge in [-0.05, 0) is 31.5 Å². The summed E-state index contributed by atoms with van der Waals surface area (Å²) in [5, 5.41) is 0. The number of thiocarbonyl (C=S) groups is 1. The van der Waals surface area contributed by atoms with Crippen LogP contribution in [0.3, 0.4) is 0 Å². The third kappa shape index (κ3) is 4.62. The quantitative estimate of drug-likeness (QED) is 0.747. The van der Waals surface area contributed by atoms with E-state index in [0.29, 0.717) is 11.1 Å². The van der Waals surface area contributed by atoms with Crippen LogP contribution < -0.4 is 10.5 Å². The van der Waals surface area contributed by atoms with Crippen LogP contribution in [0.25, 0.3) is 0 Å². The molecule has 20 heavy (non-hydrogen) atoms. The first kappa shape index (κ1) is 17.2. The minimum atomic E-state index is -3.64. The second kappa shape index (κ2) is 6.75. The fourth-order valence-corrected chi connectivity index (χ4v) is 4.25. The Labute approximate surface area is 127 Å². The molecule has 0 bridgehead atoms. The highest BCUT2D eigenvalue weighted by Crippen LogP contribution is 2.16. The summed E-state index contributed by atoms with van der Waals surface area (Å²) < 4.78 is 38.0. The molecule has 0 spiro atoms. The molecule has 0 saturated heterocycles. The lowest BCUT2D eigenvalue weighted by Gasteiger charge is -2.14. The Morgan fingerprint density at radius 3 is 2.55 bits per heavy atom. The van der Waals surface area contributed by atoms with Crippen LogP contribution in [0.2, 0.25) is 0 Å². The minimum absolute atomic E-state index is 0.142. The lowest BCUT2D eigenvalue weighted by molar-refractivity contribution is 0.570. The van der Waals surface area contributed by atoms with Gasteiger partial charge < -0.3 is 5.73 Å². The Balaban J connectivity index is 3.02. The fraction of sp³-hybridized carbons (Fsp3) is 0.417. The Morgan fingerprint density at radius 2 is 2.10 bits per heavy atom. The number of nitrogens with one attached hydrogen (secondary N) is 1. The number of aryl methyl sites for hydroxylation is 1. The minimum Gasteiger partial charge on any atom is -0.389 e. The maximum atomic E-state index is 12.2. The summed E-state index contributed by atoms with van der Waals surface area (Å²) in [4.78, 5) is 0.373. The SMILES string of the molecule is Cc1cc(S(=O)(=O)NC(C)CS(C)=O)ccc1C(N)=S. The van der Waals surface area contributed by atoms with Gasteiger partial charge in [-0.1, -0.05) is 18.3 Å². The molecule has 5 nitrogen and oxygen atoms in total. The smallest absolute Gasteiger partial charge is 0.240 e. The highest BCUT2D eigenvalue weighted by atomic mass is 32.2. The van der Waals surface area contributed by atoms with E-state index in [9.17, 15) is 12.6 Å². The molecule has 0 amide bonds. The van der Waals surface area contributed by atoms with Crippen molar-refractivity contribution >= 4 is 38.0 Å². The maximum Gasteiger partial charge on any atom is 0.240 e. The molecule has 0 aliphatic rings. The number of benzene rings is 1. The molecule has 2 unspecified atom stereocenters. The van der Waals surface area contributed by atoms with Gasteiger partial charge >= 0.3 is 0 Å². The Morgan fingerprint density at radius 1 is 1.50 bits per heavy atom. The normalized spacial score (nSPS) is 14.8. The summed E-state index contributed by atoms with van der Waals surface area (Å²) in [6.45, 7) is 3.42. The van der Waals surface area contributed by atoms with Gasteiger partial charge in [-0.25, -0.2) is 13.1 Å². The van der Waals surface area contributed by atoms with E-state index in [-0.39, 0.29) is 15.6 Å². The van der Waals surface area contributed by atoms with E-state index in [1.54, 1.807) is 19.9 Å². The molecule has 1 rings (SSSR count). The number of hydrogen-bond donors (Lipinski definition) is 2. The van der Waals surface area contributed by atoms with Crippen molar-refractivity contribution in [2.24, 2.45) is 5.73 Å². The molecule has 112 valence electrons. The summed E-state index contributed by atoms with van der Waals surface area (Å²) in [5.41, 5.74) is 6.90. The van der Waals surface area contributed by atoms with Crippen LogP contribution in [0, 0.1) is 6.92 Å². The number of hydrogen-bond acceptors (Lipinski definition) is 4. The highest BCUT2D eigenvalue weighted by Gasteiger charge is 2.19. The maximum absolute atomic E-state index is 12.2. The van der Waals surface area contributed by atoms with Crippen LogP contribution in [0.4, 0.5) is 0 Å². The summed E-state index contributed by atoms with van der Waals surface area (Å²) in [6.07, 6.45) is 1.53. The first-order valence-electron chi connectivity index (χ1n) is 5.86. The fourth-order valence-electron chi connectivity index (χ4n) is 1.80. The van der Waals surface area contributed by atoms with Crippen molar-refractivity contribution in [3.05, 3.63) is 29.3 Å². The van der Waals surface area contributed by atoms with E-state index in [0.717, 1.165) is 0 Å². The molecule has 0 radical (unpaired) electrons. The van der Waals surface area contributed by atoms with Crippen LogP contribution in [0.15, 0.2) is 23.1 Å². The Hall–Kier alpha value is -0.830. The van der Waals surface area contributed by atoms with Crippen molar-refractivity contribution in [3.63, 3.8) is 0 Å². The van der Waals surface area contributed by atoms with E-state index in [1.165, 1.54) is 18.4 Å². The predicted octanol–water partition coefficient (Wildman–Crippen LogP) is 0.675. The summed E-state index contributed by atoms with van der Waals surface area (Å²) in [6, 6.07) is 4.17. The molecule has 0 fully saturated rings. The Kier molecular flexibility index (Phi) is 5.81. The van der Waals surface area contributed by atoms with E-state index in [1.807, 2.05) is 0 Å². The van der Waals surface area contributed by atoms with Gasteiger partial charge in [-0.2, -0.15) is 0 Å². The largest absolute Gasteiger partial charge is 0.389 e. The van der Waals surface area contributed by atoms with Crippen LogP contribution in [-0.2, 0) is 20.8 Å². The zero-order valence-corrected chi connectivity index (χ0v) is 14.0. The molecule has 0 aliphatic heterocycles. The summed E-state index contributed by atoms with van der Waals surface area (Å²) >= 11 is 4.88. The lowest BCUT2D eigenvalue weighted by atomic mass is 10.1. The molecule has 0 saturated carbocycles. The monoisotopic (exact) mass is 334 g/mol. The van der Waals surface area contributed by atoms with Crippen molar-refractivity contribution in [2.45, 2.75) is 24.8 Å². The first-order chi connectivity index (χ1) is 9.13. The second-order valence-electron chi connectivity index (χ2n) is 4.60. The van der Waals surface area contributed by atoms with Crippen LogP contribution in [0.1, 0.15) is 18.1 Å². The van der Waals surface area contributed by atoms with E-state index in [4.69, 9.17) is 18.0 Å². The third-order valence-corrected chi connectivity index (χ3v) is 5.39. The van der Waals surface area contributed by atoms with Crippen LogP contribution in [-0.4, -0.2) is 35.7 Å². The van der Waals surface area contributed by atoms with Gasteiger partial charge in [0.1, 0.15) is 4.99 Å². The molecular formula is C12H18N2O3S3. The van der Waals surface area contributed by atoms with E-state index < -0.39 is 26.9 Å². The number of rotatable bonds is 6. The topological polar surface area (TPSA) is 89.3 Å². The van der Waals surface area contributed by atoms with Crippen LogP contribution in [0.5, 0.6) is 0 Å². The highest BCUT2D eigenvalue weighted by molar-refractivity contribution is 7.89. The standard InChI is InChI=1S/C12H18N2O3S3/c1-8-6-10(4-5-11(8)12(13)18)20(16,17)14-9(2)7-19(3)15/h4-6,9,14H,7H2,1-3H3,(H2,13,18). The molecule has 3 N–H and O–H groups in total. The van der Waals surface area contributed by atoms with Gasteiger partial charge in [0.2, 0.25) is 10.0 Å². The molecule has 0 heterocycles. The lowest BCUT2D eigenvalue weighted by Crippen LogP contribution is -2.36. The second-order valence-corrected chi connectivity index (χ2v) is 8.24. The van der Waals surface area contributed by atoms with E-state index in [2.05, 4.69) is 4.72 Å². The average Bonchev–Trinajstić information content (AvgIpc) is 2.25. The predicted molar refractivity (Wildman–Crippen MR) is 85.8 cm³/mol. The molecule has 8 heteroatoms. The molecule has 1 aromatic carbocycles.